The third-order valence-electron chi connectivity index (χ3n) is 3.50. The van der Waals surface area contributed by atoms with Crippen molar-refractivity contribution in [2.75, 3.05) is 18.9 Å². The average Bonchev–Trinajstić information content (AvgIpc) is 2.65. The van der Waals surface area contributed by atoms with E-state index in [-0.39, 0.29) is 17.2 Å². The molecule has 9 nitrogen and oxygen atoms in total. The number of nitrogens with one attached hydrogen (secondary N) is 2. The van der Waals surface area contributed by atoms with Crippen molar-refractivity contribution in [3.05, 3.63) is 63.2 Å². The van der Waals surface area contributed by atoms with E-state index < -0.39 is 33.1 Å². The molecule has 2 N–H and O–H groups in total. The molecule has 0 aliphatic heterocycles. The number of halogens is 1. The number of rotatable bonds is 8. The Morgan fingerprint density at radius 1 is 1.26 bits per heavy atom. The summed E-state index contributed by atoms with van der Waals surface area (Å²) in [5.41, 5.74) is 0.341. The molecular weight excluding hydrogens is 398 g/mol. The lowest BCUT2D eigenvalue weighted by atomic mass is 10.2. The smallest absolute Gasteiger partial charge is 0.321 e. The summed E-state index contributed by atoms with van der Waals surface area (Å²) in [6, 6.07) is 10.1. The molecule has 0 bridgehead atoms. The number of nitrogens with zero attached hydrogens (tertiary/aromatic N) is 1. The fourth-order valence-corrected chi connectivity index (χ4v) is 3.28. The first-order chi connectivity index (χ1) is 12.7. The molecule has 2 aromatic rings. The number of hydrogen-bond acceptors (Lipinski definition) is 7. The number of benzene rings is 2. The Kier molecular flexibility index (Phi) is 6.72. The molecule has 0 spiro atoms. The minimum atomic E-state index is -4.14. The zero-order valence-electron chi connectivity index (χ0n) is 14.1. The van der Waals surface area contributed by atoms with Crippen LogP contribution >= 0.6 is 11.6 Å². The third-order valence-corrected chi connectivity index (χ3v) is 5.27. The van der Waals surface area contributed by atoms with Gasteiger partial charge in [0.15, 0.2) is 0 Å². The minimum absolute atomic E-state index is 0.109. The number of carbonyl (C=O) groups excluding carboxylic acids is 1. The number of ether oxygens (including phenoxy) is 1. The van der Waals surface area contributed by atoms with E-state index in [1.807, 2.05) is 0 Å². The number of carbonyl (C=O) groups is 1. The second kappa shape index (κ2) is 8.80. The summed E-state index contributed by atoms with van der Waals surface area (Å²) in [7, 11) is -2.66. The Hall–Kier alpha value is -2.69. The molecule has 0 aliphatic rings. The van der Waals surface area contributed by atoms with E-state index in [0.717, 1.165) is 6.07 Å². The molecule has 0 amide bonds. The minimum Gasteiger partial charge on any atom is -0.460 e. The fraction of sp³-hybridized carbons (Fsp3) is 0.188. The van der Waals surface area contributed by atoms with Gasteiger partial charge in [0.1, 0.15) is 18.8 Å². The molecule has 2 rings (SSSR count). The standard InChI is InChI=1S/C16H16ClN3O6S/c1-18-14-7-6-12(8-15(14)20(22)23)27(24,25)19-9-16(21)26-10-11-4-2-3-5-13(11)17/h2-8,18-19H,9-10H2,1H3. The van der Waals surface area contributed by atoms with Crippen molar-refractivity contribution < 1.29 is 22.9 Å². The van der Waals surface area contributed by atoms with Crippen LogP contribution in [0.4, 0.5) is 11.4 Å². The van der Waals surface area contributed by atoms with E-state index in [1.165, 1.54) is 19.2 Å². The normalized spacial score (nSPS) is 11.0. The van der Waals surface area contributed by atoms with Gasteiger partial charge in [0, 0.05) is 23.7 Å². The third kappa shape index (κ3) is 5.39. The topological polar surface area (TPSA) is 128 Å². The van der Waals surface area contributed by atoms with E-state index in [1.54, 1.807) is 24.3 Å². The average molecular weight is 414 g/mol. The van der Waals surface area contributed by atoms with Gasteiger partial charge in [-0.2, -0.15) is 4.72 Å². The van der Waals surface area contributed by atoms with Gasteiger partial charge in [-0.1, -0.05) is 29.8 Å². The lowest BCUT2D eigenvalue weighted by molar-refractivity contribution is -0.384. The van der Waals surface area contributed by atoms with Gasteiger partial charge in [0.25, 0.3) is 5.69 Å². The molecule has 27 heavy (non-hydrogen) atoms. The molecule has 0 saturated carbocycles. The SMILES string of the molecule is CNc1ccc(S(=O)(=O)NCC(=O)OCc2ccccc2Cl)cc1[N+](=O)[O-]. The highest BCUT2D eigenvalue weighted by molar-refractivity contribution is 7.89. The van der Waals surface area contributed by atoms with Crippen LogP contribution in [0.2, 0.25) is 5.02 Å². The highest BCUT2D eigenvalue weighted by atomic mass is 35.5. The monoisotopic (exact) mass is 413 g/mol. The number of nitro groups is 1. The molecule has 11 heteroatoms. The first-order valence-electron chi connectivity index (χ1n) is 7.59. The second-order valence-electron chi connectivity index (χ2n) is 5.26. The molecule has 0 aliphatic carbocycles. The molecule has 0 unspecified atom stereocenters. The largest absolute Gasteiger partial charge is 0.460 e. The van der Waals surface area contributed by atoms with Crippen molar-refractivity contribution in [2.24, 2.45) is 0 Å². The van der Waals surface area contributed by atoms with Crippen molar-refractivity contribution in [2.45, 2.75) is 11.5 Å². The molecule has 144 valence electrons. The van der Waals surface area contributed by atoms with Gasteiger partial charge < -0.3 is 10.1 Å². The summed E-state index contributed by atoms with van der Waals surface area (Å²) in [5.74, 6) is -0.820. The summed E-state index contributed by atoms with van der Waals surface area (Å²) in [5, 5.41) is 14.1. The van der Waals surface area contributed by atoms with Crippen LogP contribution in [0.15, 0.2) is 47.4 Å². The van der Waals surface area contributed by atoms with E-state index in [4.69, 9.17) is 16.3 Å². The Balaban J connectivity index is 2.02. The Labute approximate surface area is 160 Å². The van der Waals surface area contributed by atoms with Crippen LogP contribution < -0.4 is 10.0 Å². The molecule has 0 saturated heterocycles. The molecule has 0 heterocycles. The van der Waals surface area contributed by atoms with E-state index in [9.17, 15) is 23.3 Å². The first-order valence-corrected chi connectivity index (χ1v) is 9.45. The van der Waals surface area contributed by atoms with Crippen molar-refractivity contribution in [3.8, 4) is 0 Å². The molecule has 0 atom stereocenters. The number of anilines is 1. The Morgan fingerprint density at radius 3 is 2.59 bits per heavy atom. The van der Waals surface area contributed by atoms with Gasteiger partial charge in [-0.25, -0.2) is 8.42 Å². The molecule has 0 aromatic heterocycles. The van der Waals surface area contributed by atoms with Gasteiger partial charge in [0.2, 0.25) is 10.0 Å². The Bertz CT molecular complexity index is 964. The zero-order valence-corrected chi connectivity index (χ0v) is 15.7. The number of hydrogen-bond donors (Lipinski definition) is 2. The predicted molar refractivity (Wildman–Crippen MR) is 99.1 cm³/mol. The van der Waals surface area contributed by atoms with Gasteiger partial charge in [-0.3, -0.25) is 14.9 Å². The van der Waals surface area contributed by atoms with Crippen molar-refractivity contribution in [3.63, 3.8) is 0 Å². The summed E-state index contributed by atoms with van der Waals surface area (Å²) in [6.45, 7) is -0.739. The maximum atomic E-state index is 12.3. The van der Waals surface area contributed by atoms with Gasteiger partial charge in [0.05, 0.1) is 9.82 Å². The quantitative estimate of drug-likeness (QED) is 0.386. The van der Waals surface area contributed by atoms with Crippen molar-refractivity contribution in [1.29, 1.82) is 0 Å². The maximum absolute atomic E-state index is 12.3. The number of nitro benzene ring substituents is 1. The summed E-state index contributed by atoms with van der Waals surface area (Å²) in [6.07, 6.45) is 0. The van der Waals surface area contributed by atoms with E-state index >= 15 is 0 Å². The molecule has 2 aromatic carbocycles. The summed E-state index contributed by atoms with van der Waals surface area (Å²) < 4.78 is 31.5. The lowest BCUT2D eigenvalue weighted by Gasteiger charge is -2.09. The molecule has 0 fully saturated rings. The van der Waals surface area contributed by atoms with Crippen molar-refractivity contribution in [1.82, 2.24) is 4.72 Å². The van der Waals surface area contributed by atoms with Gasteiger partial charge in [-0.05, 0) is 18.2 Å². The van der Waals surface area contributed by atoms with Crippen LogP contribution in [0, 0.1) is 10.1 Å². The number of esters is 1. The highest BCUT2D eigenvalue weighted by Gasteiger charge is 2.22. The molecule has 0 radical (unpaired) electrons. The first kappa shape index (κ1) is 20.6. The summed E-state index contributed by atoms with van der Waals surface area (Å²) >= 11 is 5.94. The van der Waals surface area contributed by atoms with Crippen LogP contribution in [-0.2, 0) is 26.2 Å². The summed E-state index contributed by atoms with van der Waals surface area (Å²) in [4.78, 5) is 21.8. The van der Waals surface area contributed by atoms with Crippen LogP contribution in [0.5, 0.6) is 0 Å². The molecular formula is C16H16ClN3O6S. The predicted octanol–water partition coefficient (Wildman–Crippen LogP) is 2.31. The second-order valence-corrected chi connectivity index (χ2v) is 7.44. The van der Waals surface area contributed by atoms with Gasteiger partial charge in [-0.15, -0.1) is 0 Å². The maximum Gasteiger partial charge on any atom is 0.321 e. The zero-order chi connectivity index (χ0) is 20.0. The van der Waals surface area contributed by atoms with Crippen LogP contribution in [0.25, 0.3) is 0 Å². The fourth-order valence-electron chi connectivity index (χ4n) is 2.10. The van der Waals surface area contributed by atoms with Crippen LogP contribution in [0.1, 0.15) is 5.56 Å². The van der Waals surface area contributed by atoms with Gasteiger partial charge >= 0.3 is 5.97 Å². The Morgan fingerprint density at radius 2 is 1.96 bits per heavy atom. The van der Waals surface area contributed by atoms with E-state index in [2.05, 4.69) is 10.0 Å². The van der Waals surface area contributed by atoms with Crippen molar-refractivity contribution >= 4 is 39.0 Å². The van der Waals surface area contributed by atoms with Crippen LogP contribution in [0.3, 0.4) is 0 Å². The lowest BCUT2D eigenvalue weighted by Crippen LogP contribution is -2.30. The van der Waals surface area contributed by atoms with E-state index in [0.29, 0.717) is 10.6 Å². The van der Waals surface area contributed by atoms with Crippen LogP contribution in [-0.4, -0.2) is 32.9 Å². The highest BCUT2D eigenvalue weighted by Crippen LogP contribution is 2.27. The number of sulfonamides is 1.